The highest BCUT2D eigenvalue weighted by Gasteiger charge is 2.18. The first kappa shape index (κ1) is 14.7. The Morgan fingerprint density at radius 1 is 1.10 bits per heavy atom. The van der Waals surface area contributed by atoms with Crippen molar-refractivity contribution in [3.63, 3.8) is 0 Å². The molecule has 2 aromatic heterocycles. The fourth-order valence-electron chi connectivity index (χ4n) is 1.30. The van der Waals surface area contributed by atoms with Gasteiger partial charge in [-0.05, 0) is 0 Å². The second kappa shape index (κ2) is 5.75. The first-order valence-corrected chi connectivity index (χ1v) is 7.00. The number of nitrogens with two attached hydrogens (primary N) is 1. The molecule has 2 heterocycles. The highest BCUT2D eigenvalue weighted by Crippen LogP contribution is 2.19. The maximum Gasteiger partial charge on any atom is 0.267 e. The molecule has 3 N–H and O–H groups in total. The van der Waals surface area contributed by atoms with Gasteiger partial charge in [0.05, 0.1) is 32.7 Å². The van der Waals surface area contributed by atoms with E-state index in [0.717, 1.165) is 12.4 Å². The minimum Gasteiger partial charge on any atom is -0.481 e. The molecule has 11 heteroatoms. The lowest BCUT2D eigenvalue weighted by molar-refractivity contribution is 0.373. The van der Waals surface area contributed by atoms with E-state index in [1.54, 1.807) is 0 Å². The van der Waals surface area contributed by atoms with E-state index >= 15 is 0 Å². The Balaban J connectivity index is 2.34. The Bertz CT molecular complexity index is 711. The van der Waals surface area contributed by atoms with Crippen LogP contribution in [0.5, 0.6) is 11.8 Å². The number of nitrogens with one attached hydrogen (secondary N) is 1. The average Bonchev–Trinajstić information content (AvgIpc) is 2.46. The predicted octanol–water partition coefficient (Wildman–Crippen LogP) is -0.333. The third kappa shape index (κ3) is 3.45. The third-order valence-corrected chi connectivity index (χ3v) is 3.56. The van der Waals surface area contributed by atoms with Crippen LogP contribution >= 0.6 is 0 Å². The quantitative estimate of drug-likeness (QED) is 0.758. The molecule has 10 nitrogen and oxygen atoms in total. The van der Waals surface area contributed by atoms with Crippen molar-refractivity contribution in [2.45, 2.75) is 4.90 Å². The molecule has 0 radical (unpaired) electrons. The van der Waals surface area contributed by atoms with Crippen molar-refractivity contribution >= 4 is 21.9 Å². The first-order valence-electron chi connectivity index (χ1n) is 5.52. The normalized spacial score (nSPS) is 11.0. The summed E-state index contributed by atoms with van der Waals surface area (Å²) in [5.74, 6) is 0.0532. The van der Waals surface area contributed by atoms with Gasteiger partial charge in [-0.15, -0.1) is 0 Å². The molecule has 0 saturated carbocycles. The van der Waals surface area contributed by atoms with Gasteiger partial charge in [0.2, 0.25) is 23.7 Å². The molecule has 0 saturated heterocycles. The largest absolute Gasteiger partial charge is 0.481 e. The Kier molecular flexibility index (Phi) is 4.03. The molecule has 0 aromatic carbocycles. The van der Waals surface area contributed by atoms with Gasteiger partial charge in [-0.3, -0.25) is 0 Å². The summed E-state index contributed by atoms with van der Waals surface area (Å²) in [6.45, 7) is 0. The molecular weight excluding hydrogens is 300 g/mol. The molecule has 21 heavy (non-hydrogen) atoms. The molecule has 0 aliphatic carbocycles. The van der Waals surface area contributed by atoms with Crippen molar-refractivity contribution < 1.29 is 17.9 Å². The predicted molar refractivity (Wildman–Crippen MR) is 72.4 cm³/mol. The van der Waals surface area contributed by atoms with Crippen LogP contribution in [0.15, 0.2) is 23.4 Å². The van der Waals surface area contributed by atoms with E-state index in [-0.39, 0.29) is 28.6 Å². The highest BCUT2D eigenvalue weighted by molar-refractivity contribution is 7.92. The van der Waals surface area contributed by atoms with E-state index in [4.69, 9.17) is 15.2 Å². The first-order chi connectivity index (χ1) is 9.94. The fraction of sp³-hybridized carbons (Fsp3) is 0.200. The minimum atomic E-state index is -3.95. The summed E-state index contributed by atoms with van der Waals surface area (Å²) < 4.78 is 36.3. The van der Waals surface area contributed by atoms with Gasteiger partial charge in [0.25, 0.3) is 10.0 Å². The van der Waals surface area contributed by atoms with E-state index in [0.29, 0.717) is 0 Å². The van der Waals surface area contributed by atoms with E-state index < -0.39 is 10.0 Å². The molecule has 2 aromatic rings. The lowest BCUT2D eigenvalue weighted by Crippen LogP contribution is -2.16. The smallest absolute Gasteiger partial charge is 0.267 e. The summed E-state index contributed by atoms with van der Waals surface area (Å²) in [6.07, 6.45) is 2.14. The van der Waals surface area contributed by atoms with Crippen LogP contribution in [0.3, 0.4) is 0 Å². The third-order valence-electron chi connectivity index (χ3n) is 2.28. The Hall–Kier alpha value is -2.69. The van der Waals surface area contributed by atoms with E-state index in [1.165, 1.54) is 20.3 Å². The van der Waals surface area contributed by atoms with Crippen LogP contribution in [-0.2, 0) is 10.0 Å². The van der Waals surface area contributed by atoms with E-state index in [9.17, 15) is 8.42 Å². The number of methoxy groups -OCH3 is 2. The number of nitrogen functional groups attached to an aromatic ring is 1. The van der Waals surface area contributed by atoms with Gasteiger partial charge in [-0.1, -0.05) is 0 Å². The summed E-state index contributed by atoms with van der Waals surface area (Å²) in [5, 5.41) is 0. The molecule has 0 fully saturated rings. The lowest BCUT2D eigenvalue weighted by Gasteiger charge is -2.08. The van der Waals surface area contributed by atoms with Crippen LogP contribution in [0.1, 0.15) is 0 Å². The van der Waals surface area contributed by atoms with Crippen LogP contribution in [0, 0.1) is 0 Å². The molecule has 0 spiro atoms. The van der Waals surface area contributed by atoms with Gasteiger partial charge in [0.15, 0.2) is 0 Å². The zero-order chi connectivity index (χ0) is 15.5. The van der Waals surface area contributed by atoms with Crippen molar-refractivity contribution in [1.82, 2.24) is 19.9 Å². The molecule has 2 rings (SSSR count). The van der Waals surface area contributed by atoms with Crippen LogP contribution in [-0.4, -0.2) is 42.6 Å². The van der Waals surface area contributed by atoms with Crippen molar-refractivity contribution in [3.8, 4) is 11.8 Å². The summed E-state index contributed by atoms with van der Waals surface area (Å²) in [4.78, 5) is 14.8. The summed E-state index contributed by atoms with van der Waals surface area (Å²) in [7, 11) is -1.18. The topological polar surface area (TPSA) is 142 Å². The number of aromatic nitrogens is 4. The number of rotatable bonds is 5. The summed E-state index contributed by atoms with van der Waals surface area (Å²) >= 11 is 0. The number of anilines is 2. The molecule has 112 valence electrons. The minimum absolute atomic E-state index is 0.0340. The molecule has 0 unspecified atom stereocenters. The number of sulfonamides is 1. The van der Waals surface area contributed by atoms with Crippen LogP contribution in [0.4, 0.5) is 11.9 Å². The number of hydrogen-bond acceptors (Lipinski definition) is 9. The van der Waals surface area contributed by atoms with Crippen molar-refractivity contribution in [3.05, 3.63) is 18.5 Å². The monoisotopic (exact) mass is 312 g/mol. The van der Waals surface area contributed by atoms with Crippen LogP contribution < -0.4 is 19.9 Å². The summed E-state index contributed by atoms with van der Waals surface area (Å²) in [5.41, 5.74) is 5.30. The molecule has 0 aliphatic rings. The molecule has 0 amide bonds. The van der Waals surface area contributed by atoms with Gasteiger partial charge >= 0.3 is 0 Å². The maximum absolute atomic E-state index is 12.1. The van der Waals surface area contributed by atoms with Gasteiger partial charge in [0.1, 0.15) is 4.90 Å². The second-order valence-electron chi connectivity index (χ2n) is 3.66. The van der Waals surface area contributed by atoms with Crippen LogP contribution in [0.2, 0.25) is 0 Å². The lowest BCUT2D eigenvalue weighted by atomic mass is 10.6. The SMILES string of the molecule is COc1cc(OC)nc(NS(=O)(=O)c2cnc(N)nc2)n1. The number of hydrogen-bond donors (Lipinski definition) is 2. The Labute approximate surface area is 120 Å². The molecule has 0 atom stereocenters. The second-order valence-corrected chi connectivity index (χ2v) is 5.34. The number of nitrogens with zero attached hydrogens (tertiary/aromatic N) is 4. The van der Waals surface area contributed by atoms with Gasteiger partial charge in [-0.25, -0.2) is 23.1 Å². The fourth-order valence-corrected chi connectivity index (χ4v) is 2.14. The molecule has 0 aliphatic heterocycles. The van der Waals surface area contributed by atoms with Crippen molar-refractivity contribution in [1.29, 1.82) is 0 Å². The standard InChI is InChI=1S/C10H12N6O4S/c1-19-7-3-8(20-2)15-10(14-7)16-21(17,18)6-4-12-9(11)13-5-6/h3-5H,1-2H3,(H2,11,12,13)(H,14,15,16). The highest BCUT2D eigenvalue weighted by atomic mass is 32.2. The van der Waals surface area contributed by atoms with Crippen LogP contribution in [0.25, 0.3) is 0 Å². The van der Waals surface area contributed by atoms with Crippen molar-refractivity contribution in [2.75, 3.05) is 24.7 Å². The Morgan fingerprint density at radius 3 is 2.10 bits per heavy atom. The van der Waals surface area contributed by atoms with E-state index in [1.807, 2.05) is 0 Å². The van der Waals surface area contributed by atoms with Gasteiger partial charge in [-0.2, -0.15) is 9.97 Å². The van der Waals surface area contributed by atoms with Crippen molar-refractivity contribution in [2.24, 2.45) is 0 Å². The maximum atomic E-state index is 12.1. The van der Waals surface area contributed by atoms with E-state index in [2.05, 4.69) is 24.7 Å². The Morgan fingerprint density at radius 2 is 1.62 bits per heavy atom. The molecular formula is C10H12N6O4S. The summed E-state index contributed by atoms with van der Waals surface area (Å²) in [6, 6.07) is 1.41. The molecule has 0 bridgehead atoms. The van der Waals surface area contributed by atoms with Gasteiger partial charge in [0, 0.05) is 0 Å². The zero-order valence-corrected chi connectivity index (χ0v) is 12.0. The van der Waals surface area contributed by atoms with Gasteiger partial charge < -0.3 is 15.2 Å². The zero-order valence-electron chi connectivity index (χ0n) is 11.1. The average molecular weight is 312 g/mol. The number of ether oxygens (including phenoxy) is 2.